The van der Waals surface area contributed by atoms with E-state index in [4.69, 9.17) is 19.9 Å². The number of carbonyl (C=O) groups excluding carboxylic acids is 2. The summed E-state index contributed by atoms with van der Waals surface area (Å²) in [5, 5.41) is 10.1. The number of ether oxygens (including phenoxy) is 3. The van der Waals surface area contributed by atoms with Crippen molar-refractivity contribution in [1.29, 1.82) is 5.26 Å². The van der Waals surface area contributed by atoms with E-state index in [1.807, 2.05) is 6.07 Å². The summed E-state index contributed by atoms with van der Waals surface area (Å²) in [4.78, 5) is 31.3. The van der Waals surface area contributed by atoms with Crippen molar-refractivity contribution >= 4 is 17.6 Å². The highest BCUT2D eigenvalue weighted by atomic mass is 19.1. The van der Waals surface area contributed by atoms with Crippen LogP contribution in [0.2, 0.25) is 0 Å². The van der Waals surface area contributed by atoms with Crippen molar-refractivity contribution in [2.45, 2.75) is 12.5 Å². The van der Waals surface area contributed by atoms with Gasteiger partial charge in [-0.25, -0.2) is 14.0 Å². The number of methoxy groups -OCH3 is 2. The molecule has 1 unspecified atom stereocenters. The molecule has 0 amide bonds. The van der Waals surface area contributed by atoms with Gasteiger partial charge in [0, 0.05) is 24.0 Å². The average molecular weight is 515 g/mol. The Morgan fingerprint density at radius 1 is 1.08 bits per heavy atom. The van der Waals surface area contributed by atoms with E-state index in [1.165, 1.54) is 12.1 Å². The number of hydrogen-bond donors (Lipinski definition) is 1. The molecule has 1 atom stereocenters. The number of nitrogens with two attached hydrogens (primary N) is 1. The van der Waals surface area contributed by atoms with Gasteiger partial charge >= 0.3 is 11.9 Å². The van der Waals surface area contributed by atoms with E-state index >= 15 is 4.39 Å². The van der Waals surface area contributed by atoms with Crippen LogP contribution in [0, 0.1) is 17.1 Å². The third kappa shape index (κ3) is 4.90. The summed E-state index contributed by atoms with van der Waals surface area (Å²) in [6.45, 7) is 0.0764. The molecule has 1 aliphatic heterocycles. The van der Waals surface area contributed by atoms with Gasteiger partial charge in [-0.1, -0.05) is 36.4 Å². The molecule has 2 heterocycles. The normalized spacial score (nSPS) is 15.1. The topological polar surface area (TPSA) is 128 Å². The van der Waals surface area contributed by atoms with Gasteiger partial charge in [-0.3, -0.25) is 9.88 Å². The van der Waals surface area contributed by atoms with Gasteiger partial charge in [0.05, 0.1) is 43.0 Å². The Hall–Kier alpha value is -5.17. The molecule has 1 aromatic heterocycles. The maximum Gasteiger partial charge on any atom is 0.355 e. The van der Waals surface area contributed by atoms with Crippen LogP contribution in [0.15, 0.2) is 95.7 Å². The Morgan fingerprint density at radius 2 is 1.82 bits per heavy atom. The van der Waals surface area contributed by atoms with E-state index in [2.05, 4.69) is 4.98 Å². The number of halogens is 1. The van der Waals surface area contributed by atoms with Crippen LogP contribution >= 0.6 is 0 Å². The predicted molar refractivity (Wildman–Crippen MR) is 135 cm³/mol. The average Bonchev–Trinajstić information content (AvgIpc) is 2.96. The summed E-state index contributed by atoms with van der Waals surface area (Å²) >= 11 is 0. The molecular weight excluding hydrogens is 491 g/mol. The molecule has 38 heavy (non-hydrogen) atoms. The van der Waals surface area contributed by atoms with Crippen LogP contribution in [-0.4, -0.2) is 31.1 Å². The minimum atomic E-state index is -1.02. The van der Waals surface area contributed by atoms with Crippen LogP contribution in [0.3, 0.4) is 0 Å². The second-order valence-electron chi connectivity index (χ2n) is 8.10. The zero-order valence-corrected chi connectivity index (χ0v) is 20.6. The molecule has 0 bridgehead atoms. The molecule has 0 spiro atoms. The number of hydrogen-bond acceptors (Lipinski definition) is 9. The van der Waals surface area contributed by atoms with Crippen molar-refractivity contribution < 1.29 is 28.2 Å². The summed E-state index contributed by atoms with van der Waals surface area (Å²) in [5.41, 5.74) is 7.27. The minimum Gasteiger partial charge on any atom is -0.486 e. The maximum absolute atomic E-state index is 15.2. The Bertz CT molecular complexity index is 1470. The number of rotatable bonds is 7. The third-order valence-corrected chi connectivity index (χ3v) is 5.90. The Morgan fingerprint density at radius 3 is 2.42 bits per heavy atom. The first-order valence-electron chi connectivity index (χ1n) is 11.4. The van der Waals surface area contributed by atoms with Crippen molar-refractivity contribution in [3.05, 3.63) is 113 Å². The van der Waals surface area contributed by atoms with E-state index in [0.717, 1.165) is 30.7 Å². The van der Waals surface area contributed by atoms with Crippen LogP contribution in [0.1, 0.15) is 17.0 Å². The Kier molecular flexibility index (Phi) is 7.68. The molecule has 0 saturated carbocycles. The number of esters is 2. The SMILES string of the molecule is COC(=O)C1=C(C(=O)OC)N(c2ccc(OCc3cccnc3)c(F)c2)C(N)=C(C#N)C1c1ccccc1. The van der Waals surface area contributed by atoms with E-state index in [1.54, 1.807) is 54.9 Å². The lowest BCUT2D eigenvalue weighted by atomic mass is 9.81. The molecule has 1 aliphatic rings. The Balaban J connectivity index is 1.85. The van der Waals surface area contributed by atoms with Gasteiger partial charge < -0.3 is 19.9 Å². The van der Waals surface area contributed by atoms with Gasteiger partial charge in [0.2, 0.25) is 0 Å². The lowest BCUT2D eigenvalue weighted by Gasteiger charge is -2.35. The summed E-state index contributed by atoms with van der Waals surface area (Å²) in [7, 11) is 2.29. The van der Waals surface area contributed by atoms with E-state index < -0.39 is 23.7 Å². The van der Waals surface area contributed by atoms with Gasteiger partial charge in [0.15, 0.2) is 11.6 Å². The van der Waals surface area contributed by atoms with Gasteiger partial charge in [0.1, 0.15) is 18.1 Å². The smallest absolute Gasteiger partial charge is 0.355 e. The van der Waals surface area contributed by atoms with Gasteiger partial charge in [-0.2, -0.15) is 5.26 Å². The molecule has 2 N–H and O–H groups in total. The molecule has 192 valence electrons. The van der Waals surface area contributed by atoms with E-state index in [-0.39, 0.29) is 40.7 Å². The van der Waals surface area contributed by atoms with Crippen molar-refractivity contribution in [3.63, 3.8) is 0 Å². The first-order chi connectivity index (χ1) is 18.4. The number of pyridine rings is 1. The highest BCUT2D eigenvalue weighted by Crippen LogP contribution is 2.43. The highest BCUT2D eigenvalue weighted by Gasteiger charge is 2.43. The number of nitrogens with zero attached hydrogens (tertiary/aromatic N) is 3. The van der Waals surface area contributed by atoms with Crippen LogP contribution in [0.4, 0.5) is 10.1 Å². The van der Waals surface area contributed by atoms with E-state index in [9.17, 15) is 14.9 Å². The number of aromatic nitrogens is 1. The summed E-state index contributed by atoms with van der Waals surface area (Å²) in [5.74, 6) is -3.81. The molecule has 9 nitrogen and oxygen atoms in total. The predicted octanol–water partition coefficient (Wildman–Crippen LogP) is 3.70. The molecule has 0 aliphatic carbocycles. The molecule has 0 radical (unpaired) electrons. The zero-order valence-electron chi connectivity index (χ0n) is 20.6. The lowest BCUT2D eigenvalue weighted by Crippen LogP contribution is -2.40. The first kappa shape index (κ1) is 25.9. The van der Waals surface area contributed by atoms with Crippen molar-refractivity contribution in [2.75, 3.05) is 19.1 Å². The van der Waals surface area contributed by atoms with Crippen LogP contribution in [0.5, 0.6) is 5.75 Å². The number of benzene rings is 2. The van der Waals surface area contributed by atoms with Gasteiger partial charge in [-0.05, 0) is 23.8 Å². The standard InChI is InChI=1S/C28H23FN4O5/c1-36-27(34)24-23(18-8-4-3-5-9-18)20(14-30)26(31)33(25(24)28(35)37-2)19-10-11-22(21(29)13-19)38-16-17-7-6-12-32-15-17/h3-13,15,23H,16,31H2,1-2H3. The minimum absolute atomic E-state index is 0.0263. The molecule has 2 aromatic carbocycles. The summed E-state index contributed by atoms with van der Waals surface area (Å²) in [6.07, 6.45) is 3.21. The fraction of sp³-hybridized carbons (Fsp3) is 0.143. The molecule has 0 saturated heterocycles. The molecule has 4 rings (SSSR count). The monoisotopic (exact) mass is 514 g/mol. The second-order valence-corrected chi connectivity index (χ2v) is 8.10. The van der Waals surface area contributed by atoms with Gasteiger partial charge in [-0.15, -0.1) is 0 Å². The lowest BCUT2D eigenvalue weighted by molar-refractivity contribution is -0.139. The molecule has 0 fully saturated rings. The summed E-state index contributed by atoms with van der Waals surface area (Å²) < 4.78 is 30.7. The maximum atomic E-state index is 15.2. The molecular formula is C28H23FN4O5. The van der Waals surface area contributed by atoms with Crippen molar-refractivity contribution in [1.82, 2.24) is 4.98 Å². The fourth-order valence-corrected chi connectivity index (χ4v) is 4.17. The summed E-state index contributed by atoms with van der Waals surface area (Å²) in [6, 6.07) is 18.0. The second kappa shape index (κ2) is 11.3. The molecule has 10 heteroatoms. The number of nitriles is 1. The number of anilines is 1. The molecule has 3 aromatic rings. The number of allylic oxidation sites excluding steroid dienone is 1. The Labute approximate surface area is 218 Å². The van der Waals surface area contributed by atoms with Crippen molar-refractivity contribution in [3.8, 4) is 11.8 Å². The van der Waals surface area contributed by atoms with Crippen molar-refractivity contribution in [2.24, 2.45) is 5.73 Å². The number of carbonyl (C=O) groups is 2. The van der Waals surface area contributed by atoms with Crippen LogP contribution in [-0.2, 0) is 25.7 Å². The quantitative estimate of drug-likeness (QED) is 0.470. The fourth-order valence-electron chi connectivity index (χ4n) is 4.17. The van der Waals surface area contributed by atoms with E-state index in [0.29, 0.717) is 5.56 Å². The zero-order chi connectivity index (χ0) is 27.2. The van der Waals surface area contributed by atoms with Gasteiger partial charge in [0.25, 0.3) is 0 Å². The third-order valence-electron chi connectivity index (χ3n) is 5.90. The first-order valence-corrected chi connectivity index (χ1v) is 11.4. The highest BCUT2D eigenvalue weighted by molar-refractivity contribution is 6.06. The van der Waals surface area contributed by atoms with Crippen LogP contribution in [0.25, 0.3) is 0 Å². The largest absolute Gasteiger partial charge is 0.486 e. The van der Waals surface area contributed by atoms with Crippen LogP contribution < -0.4 is 15.4 Å².